The van der Waals surface area contributed by atoms with Crippen LogP contribution in [0.15, 0.2) is 24.3 Å². The fourth-order valence-electron chi connectivity index (χ4n) is 2.57. The predicted octanol–water partition coefficient (Wildman–Crippen LogP) is 3.11. The second-order valence-electron chi connectivity index (χ2n) is 5.61. The lowest BCUT2D eigenvalue weighted by Crippen LogP contribution is -2.40. The standard InChI is InChI=1S/C16H21ClN2O2.ClH/c17-12-3-1-11(2-4-12)15(20)9-10-16(21)19-14-7-5-13(18)6-8-14;/h1-4,13-14H,5-10,18H2,(H,19,21);1H. The van der Waals surface area contributed by atoms with Crippen molar-refractivity contribution in [2.24, 2.45) is 5.73 Å². The van der Waals surface area contributed by atoms with Crippen LogP contribution in [-0.2, 0) is 4.79 Å². The average Bonchev–Trinajstić information content (AvgIpc) is 2.48. The smallest absolute Gasteiger partial charge is 0.220 e. The van der Waals surface area contributed by atoms with Crippen molar-refractivity contribution in [3.8, 4) is 0 Å². The van der Waals surface area contributed by atoms with Gasteiger partial charge in [-0.3, -0.25) is 9.59 Å². The fourth-order valence-corrected chi connectivity index (χ4v) is 2.70. The highest BCUT2D eigenvalue weighted by atomic mass is 35.5. The van der Waals surface area contributed by atoms with Crippen LogP contribution in [0.3, 0.4) is 0 Å². The minimum atomic E-state index is -0.0576. The SMILES string of the molecule is Cl.NC1CCC(NC(=O)CCC(=O)c2ccc(Cl)cc2)CC1. The molecule has 1 saturated carbocycles. The second kappa shape index (κ2) is 9.13. The predicted molar refractivity (Wildman–Crippen MR) is 90.6 cm³/mol. The van der Waals surface area contributed by atoms with Crippen LogP contribution in [0.5, 0.6) is 0 Å². The van der Waals surface area contributed by atoms with Crippen molar-refractivity contribution in [3.05, 3.63) is 34.9 Å². The summed E-state index contributed by atoms with van der Waals surface area (Å²) in [4.78, 5) is 23.8. The van der Waals surface area contributed by atoms with Crippen molar-refractivity contribution in [1.82, 2.24) is 5.32 Å². The number of rotatable bonds is 5. The Morgan fingerprint density at radius 2 is 1.68 bits per heavy atom. The van der Waals surface area contributed by atoms with Gasteiger partial charge in [0.2, 0.25) is 5.91 Å². The van der Waals surface area contributed by atoms with E-state index in [2.05, 4.69) is 5.32 Å². The molecule has 0 aromatic heterocycles. The van der Waals surface area contributed by atoms with Gasteiger partial charge in [-0.05, 0) is 49.9 Å². The van der Waals surface area contributed by atoms with Crippen molar-refractivity contribution in [2.75, 3.05) is 0 Å². The van der Waals surface area contributed by atoms with Crippen LogP contribution >= 0.6 is 24.0 Å². The maximum Gasteiger partial charge on any atom is 0.220 e. The Labute approximate surface area is 142 Å². The molecule has 0 radical (unpaired) electrons. The van der Waals surface area contributed by atoms with Gasteiger partial charge in [0.15, 0.2) is 5.78 Å². The summed E-state index contributed by atoms with van der Waals surface area (Å²) >= 11 is 5.78. The summed E-state index contributed by atoms with van der Waals surface area (Å²) in [5.74, 6) is -0.0923. The molecule has 122 valence electrons. The molecule has 0 aliphatic heterocycles. The Morgan fingerprint density at radius 1 is 1.09 bits per heavy atom. The largest absolute Gasteiger partial charge is 0.353 e. The zero-order chi connectivity index (χ0) is 15.2. The number of hydrogen-bond acceptors (Lipinski definition) is 3. The third kappa shape index (κ3) is 5.95. The number of nitrogens with one attached hydrogen (secondary N) is 1. The molecule has 4 nitrogen and oxygen atoms in total. The molecule has 0 spiro atoms. The van der Waals surface area contributed by atoms with E-state index >= 15 is 0 Å². The molecule has 0 heterocycles. The van der Waals surface area contributed by atoms with Gasteiger partial charge in [-0.15, -0.1) is 12.4 Å². The molecule has 1 aromatic rings. The zero-order valence-corrected chi connectivity index (χ0v) is 14.0. The first-order chi connectivity index (χ1) is 10.0. The topological polar surface area (TPSA) is 72.2 Å². The van der Waals surface area contributed by atoms with Gasteiger partial charge in [0.1, 0.15) is 0 Å². The molecule has 1 aromatic carbocycles. The lowest BCUT2D eigenvalue weighted by atomic mass is 9.91. The Hall–Kier alpha value is -1.10. The van der Waals surface area contributed by atoms with E-state index in [1.165, 1.54) is 0 Å². The van der Waals surface area contributed by atoms with Crippen molar-refractivity contribution in [3.63, 3.8) is 0 Å². The Morgan fingerprint density at radius 3 is 2.27 bits per heavy atom. The number of hydrogen-bond donors (Lipinski definition) is 2. The first-order valence-electron chi connectivity index (χ1n) is 7.38. The molecule has 0 atom stereocenters. The Bertz CT molecular complexity index is 497. The number of benzene rings is 1. The highest BCUT2D eigenvalue weighted by Crippen LogP contribution is 2.17. The summed E-state index contributed by atoms with van der Waals surface area (Å²) in [6.07, 6.45) is 4.21. The van der Waals surface area contributed by atoms with Gasteiger partial charge in [-0.25, -0.2) is 0 Å². The van der Waals surface area contributed by atoms with E-state index in [0.717, 1.165) is 25.7 Å². The van der Waals surface area contributed by atoms with Crippen LogP contribution in [-0.4, -0.2) is 23.8 Å². The van der Waals surface area contributed by atoms with E-state index in [1.54, 1.807) is 24.3 Å². The molecule has 0 saturated heterocycles. The van der Waals surface area contributed by atoms with Crippen LogP contribution in [0.4, 0.5) is 0 Å². The molecule has 1 fully saturated rings. The van der Waals surface area contributed by atoms with Gasteiger partial charge < -0.3 is 11.1 Å². The van der Waals surface area contributed by atoms with Gasteiger partial charge in [0.05, 0.1) is 0 Å². The molecule has 1 aliphatic carbocycles. The average molecular weight is 345 g/mol. The van der Waals surface area contributed by atoms with Crippen molar-refractivity contribution < 1.29 is 9.59 Å². The second-order valence-corrected chi connectivity index (χ2v) is 6.05. The van der Waals surface area contributed by atoms with Crippen LogP contribution in [0.2, 0.25) is 5.02 Å². The minimum absolute atomic E-state index is 0. The van der Waals surface area contributed by atoms with E-state index in [0.29, 0.717) is 10.6 Å². The number of carbonyl (C=O) groups excluding carboxylic acids is 2. The number of Topliss-reactive ketones (excluding diaryl/α,β-unsaturated/α-hetero) is 1. The third-order valence-corrected chi connectivity index (χ3v) is 4.13. The van der Waals surface area contributed by atoms with Gasteiger partial charge in [0, 0.05) is 35.5 Å². The highest BCUT2D eigenvalue weighted by Gasteiger charge is 2.20. The van der Waals surface area contributed by atoms with Crippen LogP contribution in [0.25, 0.3) is 0 Å². The number of carbonyl (C=O) groups is 2. The number of amides is 1. The highest BCUT2D eigenvalue weighted by molar-refractivity contribution is 6.30. The Kier molecular flexibility index (Phi) is 7.87. The maximum absolute atomic E-state index is 12.0. The number of nitrogens with two attached hydrogens (primary N) is 1. The molecule has 22 heavy (non-hydrogen) atoms. The van der Waals surface area contributed by atoms with Crippen LogP contribution in [0, 0.1) is 0 Å². The van der Waals surface area contributed by atoms with Crippen LogP contribution in [0.1, 0.15) is 48.9 Å². The molecule has 6 heteroatoms. The summed E-state index contributed by atoms with van der Waals surface area (Å²) in [6, 6.07) is 7.21. The summed E-state index contributed by atoms with van der Waals surface area (Å²) < 4.78 is 0. The van der Waals surface area contributed by atoms with Crippen molar-refractivity contribution in [1.29, 1.82) is 0 Å². The minimum Gasteiger partial charge on any atom is -0.353 e. The van der Waals surface area contributed by atoms with E-state index < -0.39 is 0 Å². The first-order valence-corrected chi connectivity index (χ1v) is 7.76. The fraction of sp³-hybridized carbons (Fsp3) is 0.500. The quantitative estimate of drug-likeness (QED) is 0.806. The van der Waals surface area contributed by atoms with Gasteiger partial charge in [0.25, 0.3) is 0 Å². The normalized spacial score (nSPS) is 20.8. The first kappa shape index (κ1) is 18.9. The van der Waals surface area contributed by atoms with E-state index in [9.17, 15) is 9.59 Å². The molecular formula is C16H22Cl2N2O2. The molecule has 2 rings (SSSR count). The van der Waals surface area contributed by atoms with E-state index in [4.69, 9.17) is 17.3 Å². The number of ketones is 1. The van der Waals surface area contributed by atoms with E-state index in [1.807, 2.05) is 0 Å². The maximum atomic E-state index is 12.0. The van der Waals surface area contributed by atoms with E-state index in [-0.39, 0.29) is 49.0 Å². The van der Waals surface area contributed by atoms with Crippen molar-refractivity contribution >= 4 is 35.7 Å². The third-order valence-electron chi connectivity index (χ3n) is 3.88. The summed E-state index contributed by atoms with van der Waals surface area (Å²) in [5.41, 5.74) is 6.43. The van der Waals surface area contributed by atoms with Gasteiger partial charge in [-0.2, -0.15) is 0 Å². The molecule has 1 aliphatic rings. The molecule has 1 amide bonds. The monoisotopic (exact) mass is 344 g/mol. The van der Waals surface area contributed by atoms with Crippen LogP contribution < -0.4 is 11.1 Å². The summed E-state index contributed by atoms with van der Waals surface area (Å²) in [6.45, 7) is 0. The summed E-state index contributed by atoms with van der Waals surface area (Å²) in [5, 5.41) is 3.58. The summed E-state index contributed by atoms with van der Waals surface area (Å²) in [7, 11) is 0. The Balaban J connectivity index is 0.00000242. The van der Waals surface area contributed by atoms with Gasteiger partial charge in [-0.1, -0.05) is 11.6 Å². The lowest BCUT2D eigenvalue weighted by molar-refractivity contribution is -0.122. The van der Waals surface area contributed by atoms with Crippen molar-refractivity contribution in [2.45, 2.75) is 50.6 Å². The number of halogens is 2. The molecule has 0 bridgehead atoms. The molecule has 0 unspecified atom stereocenters. The molecule has 3 N–H and O–H groups in total. The van der Waals surface area contributed by atoms with Gasteiger partial charge >= 0.3 is 0 Å². The molecular weight excluding hydrogens is 323 g/mol. The zero-order valence-electron chi connectivity index (χ0n) is 12.4. The lowest BCUT2D eigenvalue weighted by Gasteiger charge is -2.26.